The summed E-state index contributed by atoms with van der Waals surface area (Å²) in [6, 6.07) is 7.34. The van der Waals surface area contributed by atoms with Crippen molar-refractivity contribution in [2.75, 3.05) is 44.8 Å². The average Bonchev–Trinajstić information content (AvgIpc) is 3.09. The summed E-state index contributed by atoms with van der Waals surface area (Å²) < 4.78 is 17.1. The van der Waals surface area contributed by atoms with Gasteiger partial charge in [-0.15, -0.1) is 0 Å². The molecule has 0 aromatic heterocycles. The highest BCUT2D eigenvalue weighted by Crippen LogP contribution is 2.37. The summed E-state index contributed by atoms with van der Waals surface area (Å²) in [7, 11) is 0. The van der Waals surface area contributed by atoms with E-state index in [1.54, 1.807) is 0 Å². The molecule has 2 aliphatic heterocycles. The number of aryl methyl sites for hydroxylation is 1. The number of hydrogen-bond donors (Lipinski definition) is 1. The number of rotatable bonds is 4. The van der Waals surface area contributed by atoms with Crippen LogP contribution in [0.1, 0.15) is 36.8 Å². The molecule has 3 fully saturated rings. The molecule has 3 aliphatic rings. The lowest BCUT2D eigenvalue weighted by molar-refractivity contribution is -0.177. The quantitative estimate of drug-likeness (QED) is 0.908. The lowest BCUT2D eigenvalue weighted by Gasteiger charge is -2.36. The van der Waals surface area contributed by atoms with E-state index < -0.39 is 0 Å². The molecular weight excluding hydrogens is 316 g/mol. The molecule has 1 aromatic rings. The van der Waals surface area contributed by atoms with Gasteiger partial charge in [0, 0.05) is 44.2 Å². The highest BCUT2D eigenvalue weighted by atomic mass is 16.7. The fourth-order valence-electron chi connectivity index (χ4n) is 4.15. The predicted molar refractivity (Wildman–Crippen MR) is 97.8 cm³/mol. The Balaban J connectivity index is 1.36. The lowest BCUT2D eigenvalue weighted by atomic mass is 9.89. The van der Waals surface area contributed by atoms with Gasteiger partial charge in [0.2, 0.25) is 0 Å². The average molecular weight is 346 g/mol. The molecule has 0 bridgehead atoms. The molecule has 0 unspecified atom stereocenters. The topological polar surface area (TPSA) is 43.0 Å². The number of ether oxygens (including phenoxy) is 3. The van der Waals surface area contributed by atoms with E-state index in [1.165, 1.54) is 16.8 Å². The molecule has 5 nitrogen and oxygen atoms in total. The maximum Gasteiger partial charge on any atom is 0.168 e. The van der Waals surface area contributed by atoms with Crippen molar-refractivity contribution < 1.29 is 14.2 Å². The first kappa shape index (κ1) is 17.3. The van der Waals surface area contributed by atoms with Crippen LogP contribution in [0.2, 0.25) is 0 Å². The van der Waals surface area contributed by atoms with Crippen LogP contribution in [0, 0.1) is 6.92 Å². The Morgan fingerprint density at radius 3 is 2.52 bits per heavy atom. The second-order valence-electron chi connectivity index (χ2n) is 7.56. The predicted octanol–water partition coefficient (Wildman–Crippen LogP) is 2.92. The van der Waals surface area contributed by atoms with Crippen molar-refractivity contribution in [2.24, 2.45) is 0 Å². The minimum atomic E-state index is -0.272. The second kappa shape index (κ2) is 7.62. The van der Waals surface area contributed by atoms with Gasteiger partial charge in [-0.2, -0.15) is 0 Å². The van der Waals surface area contributed by atoms with E-state index in [9.17, 15) is 0 Å². The first-order valence-electron chi connectivity index (χ1n) is 9.67. The van der Waals surface area contributed by atoms with Crippen molar-refractivity contribution >= 4 is 5.69 Å². The summed E-state index contributed by atoms with van der Waals surface area (Å²) in [6.07, 6.45) is 4.20. The molecule has 2 saturated heterocycles. The number of morpholine rings is 1. The standard InChI is InChI=1S/C20H30N2O3/c1-16-2-3-17(15-22-8-10-23-11-9-22)14-19(16)21-18-4-6-20(7-5-18)24-12-13-25-20/h2-3,14,18,21H,4-13,15H2,1H3. The van der Waals surface area contributed by atoms with Crippen LogP contribution in [0.5, 0.6) is 0 Å². The summed E-state index contributed by atoms with van der Waals surface area (Å²) in [5.74, 6) is -0.272. The number of hydrogen-bond acceptors (Lipinski definition) is 5. The molecule has 25 heavy (non-hydrogen) atoms. The first-order valence-corrected chi connectivity index (χ1v) is 9.67. The van der Waals surface area contributed by atoms with Crippen LogP contribution in [0.15, 0.2) is 18.2 Å². The molecule has 1 saturated carbocycles. The molecule has 1 aromatic carbocycles. The molecule has 2 heterocycles. The Kier molecular flexibility index (Phi) is 5.27. The van der Waals surface area contributed by atoms with Crippen molar-refractivity contribution in [1.82, 2.24) is 4.90 Å². The molecular formula is C20H30N2O3. The number of nitrogens with one attached hydrogen (secondary N) is 1. The summed E-state index contributed by atoms with van der Waals surface area (Å²) in [6.45, 7) is 8.46. The Hall–Kier alpha value is -1.14. The van der Waals surface area contributed by atoms with Crippen molar-refractivity contribution in [2.45, 2.75) is 51.0 Å². The number of anilines is 1. The first-order chi connectivity index (χ1) is 12.2. The minimum Gasteiger partial charge on any atom is -0.382 e. The van der Waals surface area contributed by atoms with Gasteiger partial charge in [0.05, 0.1) is 26.4 Å². The van der Waals surface area contributed by atoms with Crippen molar-refractivity contribution in [1.29, 1.82) is 0 Å². The van der Waals surface area contributed by atoms with Crippen LogP contribution < -0.4 is 5.32 Å². The maximum atomic E-state index is 5.84. The molecule has 1 aliphatic carbocycles. The van der Waals surface area contributed by atoms with E-state index >= 15 is 0 Å². The third kappa shape index (κ3) is 4.17. The summed E-state index contributed by atoms with van der Waals surface area (Å²) >= 11 is 0. The lowest BCUT2D eigenvalue weighted by Crippen LogP contribution is -2.39. The normalized spacial score (nSPS) is 24.7. The third-order valence-corrected chi connectivity index (χ3v) is 5.73. The monoisotopic (exact) mass is 346 g/mol. The smallest absolute Gasteiger partial charge is 0.168 e. The van der Waals surface area contributed by atoms with E-state index in [0.29, 0.717) is 6.04 Å². The van der Waals surface area contributed by atoms with Gasteiger partial charge < -0.3 is 19.5 Å². The van der Waals surface area contributed by atoms with Crippen LogP contribution in [-0.2, 0) is 20.8 Å². The highest BCUT2D eigenvalue weighted by Gasteiger charge is 2.40. The van der Waals surface area contributed by atoms with E-state index in [2.05, 4.69) is 35.3 Å². The van der Waals surface area contributed by atoms with Crippen molar-refractivity contribution in [3.05, 3.63) is 29.3 Å². The van der Waals surface area contributed by atoms with E-state index in [0.717, 1.165) is 71.7 Å². The summed E-state index contributed by atoms with van der Waals surface area (Å²) in [4.78, 5) is 2.47. The Labute approximate surface area is 150 Å². The van der Waals surface area contributed by atoms with Crippen LogP contribution in [0.3, 0.4) is 0 Å². The molecule has 4 rings (SSSR count). The molecule has 0 amide bonds. The number of benzene rings is 1. The Morgan fingerprint density at radius 2 is 1.80 bits per heavy atom. The zero-order chi connectivity index (χ0) is 17.1. The molecule has 0 atom stereocenters. The zero-order valence-electron chi connectivity index (χ0n) is 15.3. The van der Waals surface area contributed by atoms with Gasteiger partial charge in [-0.25, -0.2) is 0 Å². The number of nitrogens with zero attached hydrogens (tertiary/aromatic N) is 1. The van der Waals surface area contributed by atoms with Gasteiger partial charge in [-0.05, 0) is 37.0 Å². The van der Waals surface area contributed by atoms with Gasteiger partial charge in [-0.1, -0.05) is 12.1 Å². The van der Waals surface area contributed by atoms with Gasteiger partial charge in [0.25, 0.3) is 0 Å². The van der Waals surface area contributed by atoms with Crippen LogP contribution >= 0.6 is 0 Å². The summed E-state index contributed by atoms with van der Waals surface area (Å²) in [5.41, 5.74) is 3.98. The SMILES string of the molecule is Cc1ccc(CN2CCOCC2)cc1NC1CCC2(CC1)OCCO2. The zero-order valence-corrected chi connectivity index (χ0v) is 15.3. The van der Waals surface area contributed by atoms with Crippen LogP contribution in [0.4, 0.5) is 5.69 Å². The molecule has 5 heteroatoms. The Bertz CT molecular complexity index is 570. The molecule has 138 valence electrons. The van der Waals surface area contributed by atoms with E-state index in [-0.39, 0.29) is 5.79 Å². The van der Waals surface area contributed by atoms with E-state index in [4.69, 9.17) is 14.2 Å². The highest BCUT2D eigenvalue weighted by molar-refractivity contribution is 5.53. The van der Waals surface area contributed by atoms with Crippen LogP contribution in [-0.4, -0.2) is 56.2 Å². The molecule has 1 N–H and O–H groups in total. The molecule has 1 spiro atoms. The van der Waals surface area contributed by atoms with Gasteiger partial charge in [-0.3, -0.25) is 4.90 Å². The Morgan fingerprint density at radius 1 is 1.08 bits per heavy atom. The largest absolute Gasteiger partial charge is 0.382 e. The minimum absolute atomic E-state index is 0.272. The second-order valence-corrected chi connectivity index (χ2v) is 7.56. The van der Waals surface area contributed by atoms with Gasteiger partial charge in [0.15, 0.2) is 5.79 Å². The van der Waals surface area contributed by atoms with Crippen molar-refractivity contribution in [3.63, 3.8) is 0 Å². The van der Waals surface area contributed by atoms with Crippen molar-refractivity contribution in [3.8, 4) is 0 Å². The molecule has 0 radical (unpaired) electrons. The fourth-order valence-corrected chi connectivity index (χ4v) is 4.15. The van der Waals surface area contributed by atoms with Gasteiger partial charge in [0.1, 0.15) is 0 Å². The van der Waals surface area contributed by atoms with Crippen LogP contribution in [0.25, 0.3) is 0 Å². The summed E-state index contributed by atoms with van der Waals surface area (Å²) in [5, 5.41) is 3.78. The third-order valence-electron chi connectivity index (χ3n) is 5.73. The maximum absolute atomic E-state index is 5.84. The fraction of sp³-hybridized carbons (Fsp3) is 0.700. The van der Waals surface area contributed by atoms with Gasteiger partial charge >= 0.3 is 0 Å². The van der Waals surface area contributed by atoms with E-state index in [1.807, 2.05) is 0 Å².